The van der Waals surface area contributed by atoms with Crippen molar-refractivity contribution in [1.29, 1.82) is 0 Å². The summed E-state index contributed by atoms with van der Waals surface area (Å²) >= 11 is 0. The van der Waals surface area contributed by atoms with Gasteiger partial charge in [0.25, 0.3) is 0 Å². The Morgan fingerprint density at radius 3 is 2.62 bits per heavy atom. The van der Waals surface area contributed by atoms with E-state index in [4.69, 9.17) is 13.9 Å². The largest absolute Gasteiger partial charge is 0.494 e. The molecule has 10 heteroatoms. The van der Waals surface area contributed by atoms with E-state index in [0.717, 1.165) is 56.0 Å². The van der Waals surface area contributed by atoms with E-state index in [1.165, 1.54) is 6.39 Å². The number of imidazole rings is 1. The first-order valence-electron chi connectivity index (χ1n) is 11.3. The molecule has 0 bridgehead atoms. The van der Waals surface area contributed by atoms with E-state index in [-0.39, 0.29) is 5.91 Å². The van der Waals surface area contributed by atoms with Crippen LogP contribution in [0.15, 0.2) is 59.7 Å². The average Bonchev–Trinajstić information content (AvgIpc) is 3.55. The number of hydrogen-bond donors (Lipinski definition) is 0. The van der Waals surface area contributed by atoms with Gasteiger partial charge in [-0.05, 0) is 36.8 Å². The molecule has 5 rings (SSSR count). The summed E-state index contributed by atoms with van der Waals surface area (Å²) in [7, 11) is 0. The van der Waals surface area contributed by atoms with Crippen LogP contribution in [0.2, 0.25) is 0 Å². The molecule has 1 aliphatic rings. The number of hydrogen-bond acceptors (Lipinski definition) is 8. The molecule has 34 heavy (non-hydrogen) atoms. The van der Waals surface area contributed by atoms with Crippen molar-refractivity contribution in [2.24, 2.45) is 0 Å². The van der Waals surface area contributed by atoms with Crippen molar-refractivity contribution in [3.05, 3.63) is 55.3 Å². The molecule has 0 atom stereocenters. The maximum absolute atomic E-state index is 11.4. The summed E-state index contributed by atoms with van der Waals surface area (Å²) < 4.78 is 19.2. The Balaban J connectivity index is 1.14. The highest BCUT2D eigenvalue weighted by molar-refractivity contribution is 5.73. The highest BCUT2D eigenvalue weighted by Gasteiger charge is 2.18. The lowest BCUT2D eigenvalue weighted by Crippen LogP contribution is -2.48. The number of carbonyl (C=O) groups excluding carboxylic acids is 1. The Hall–Kier alpha value is -3.92. The molecule has 0 radical (unpaired) electrons. The molecular weight excluding hydrogens is 436 g/mol. The van der Waals surface area contributed by atoms with E-state index in [0.29, 0.717) is 24.1 Å². The first kappa shape index (κ1) is 21.9. The average molecular weight is 463 g/mol. The third kappa shape index (κ3) is 5.01. The standard InChI is InChI=1S/C24H26N6O4/c1-18(31)29-10-8-28(9-11-29)7-2-12-32-21-3-5-22(6-4-21)34-23-14-19(24-27-26-17-33-24)13-20-15-25-16-30(20)23/h3-6,13-17H,2,7-12H2,1H3. The van der Waals surface area contributed by atoms with Crippen LogP contribution in [-0.4, -0.2) is 74.6 Å². The molecule has 1 fully saturated rings. The summed E-state index contributed by atoms with van der Waals surface area (Å²) in [6, 6.07) is 11.3. The van der Waals surface area contributed by atoms with Crippen molar-refractivity contribution >= 4 is 11.4 Å². The molecule has 0 unspecified atom stereocenters. The van der Waals surface area contributed by atoms with Gasteiger partial charge in [0.1, 0.15) is 17.8 Å². The number of piperazine rings is 1. The zero-order valence-corrected chi connectivity index (χ0v) is 19.0. The lowest BCUT2D eigenvalue weighted by molar-refractivity contribution is -0.130. The van der Waals surface area contributed by atoms with Crippen LogP contribution in [-0.2, 0) is 4.79 Å². The van der Waals surface area contributed by atoms with Gasteiger partial charge in [-0.15, -0.1) is 10.2 Å². The quantitative estimate of drug-likeness (QED) is 0.369. The third-order valence-electron chi connectivity index (χ3n) is 5.85. The number of rotatable bonds is 8. The van der Waals surface area contributed by atoms with Gasteiger partial charge < -0.3 is 18.8 Å². The number of pyridine rings is 1. The van der Waals surface area contributed by atoms with Crippen molar-refractivity contribution in [2.75, 3.05) is 39.3 Å². The first-order chi connectivity index (χ1) is 16.7. The molecule has 176 valence electrons. The maximum atomic E-state index is 11.4. The van der Waals surface area contributed by atoms with E-state index >= 15 is 0 Å². The Morgan fingerprint density at radius 1 is 1.09 bits per heavy atom. The minimum absolute atomic E-state index is 0.157. The molecule has 1 aromatic carbocycles. The molecule has 1 saturated heterocycles. The molecule has 1 aliphatic heterocycles. The lowest BCUT2D eigenvalue weighted by atomic mass is 10.2. The van der Waals surface area contributed by atoms with Crippen LogP contribution in [0.5, 0.6) is 17.4 Å². The van der Waals surface area contributed by atoms with Crippen LogP contribution >= 0.6 is 0 Å². The number of fused-ring (bicyclic) bond motifs is 1. The second kappa shape index (κ2) is 9.92. The fourth-order valence-corrected chi connectivity index (χ4v) is 3.99. The zero-order valence-electron chi connectivity index (χ0n) is 19.0. The van der Waals surface area contributed by atoms with Gasteiger partial charge in [0, 0.05) is 51.3 Å². The van der Waals surface area contributed by atoms with E-state index in [1.54, 1.807) is 19.4 Å². The fourth-order valence-electron chi connectivity index (χ4n) is 3.99. The minimum atomic E-state index is 0.157. The van der Waals surface area contributed by atoms with Gasteiger partial charge in [0.2, 0.25) is 24.1 Å². The SMILES string of the molecule is CC(=O)N1CCN(CCCOc2ccc(Oc3cc(-c4nnco4)cc4cncn34)cc2)CC1. The lowest BCUT2D eigenvalue weighted by Gasteiger charge is -2.34. The number of amides is 1. The van der Waals surface area contributed by atoms with Gasteiger partial charge in [-0.2, -0.15) is 0 Å². The monoisotopic (exact) mass is 462 g/mol. The molecule has 0 spiro atoms. The molecule has 4 aromatic rings. The predicted octanol–water partition coefficient (Wildman–Crippen LogP) is 3.11. The summed E-state index contributed by atoms with van der Waals surface area (Å²) in [6.45, 7) is 6.68. The van der Waals surface area contributed by atoms with Crippen molar-refractivity contribution in [2.45, 2.75) is 13.3 Å². The second-order valence-electron chi connectivity index (χ2n) is 8.14. The number of aromatic nitrogens is 4. The zero-order chi connectivity index (χ0) is 23.3. The van der Waals surface area contributed by atoms with Crippen LogP contribution in [0.25, 0.3) is 17.0 Å². The van der Waals surface area contributed by atoms with E-state index in [9.17, 15) is 4.79 Å². The van der Waals surface area contributed by atoms with Crippen molar-refractivity contribution < 1.29 is 18.7 Å². The Bertz CT molecular complexity index is 1230. The highest BCUT2D eigenvalue weighted by Crippen LogP contribution is 2.29. The summed E-state index contributed by atoms with van der Waals surface area (Å²) in [4.78, 5) is 19.9. The topological polar surface area (TPSA) is 98.2 Å². The van der Waals surface area contributed by atoms with Gasteiger partial charge in [0.15, 0.2) is 0 Å². The smallest absolute Gasteiger partial charge is 0.247 e. The maximum Gasteiger partial charge on any atom is 0.247 e. The van der Waals surface area contributed by atoms with Gasteiger partial charge in [0.05, 0.1) is 18.3 Å². The van der Waals surface area contributed by atoms with Crippen LogP contribution in [0.1, 0.15) is 13.3 Å². The number of ether oxygens (including phenoxy) is 2. The summed E-state index contributed by atoms with van der Waals surface area (Å²) in [5.41, 5.74) is 1.61. The Kier molecular flexibility index (Phi) is 6.39. The number of nitrogens with zero attached hydrogens (tertiary/aromatic N) is 6. The highest BCUT2D eigenvalue weighted by atomic mass is 16.5. The molecule has 1 amide bonds. The van der Waals surface area contributed by atoms with Crippen molar-refractivity contribution in [1.82, 2.24) is 29.4 Å². The number of carbonyl (C=O) groups is 1. The summed E-state index contributed by atoms with van der Waals surface area (Å²) in [6.07, 6.45) is 5.66. The van der Waals surface area contributed by atoms with Gasteiger partial charge in [-0.25, -0.2) is 4.98 Å². The second-order valence-corrected chi connectivity index (χ2v) is 8.14. The van der Waals surface area contributed by atoms with Gasteiger partial charge >= 0.3 is 0 Å². The normalized spacial score (nSPS) is 14.4. The molecule has 10 nitrogen and oxygen atoms in total. The third-order valence-corrected chi connectivity index (χ3v) is 5.85. The Morgan fingerprint density at radius 2 is 1.88 bits per heavy atom. The van der Waals surface area contributed by atoms with Gasteiger partial charge in [-0.1, -0.05) is 0 Å². The molecule has 0 saturated carbocycles. The van der Waals surface area contributed by atoms with Crippen LogP contribution < -0.4 is 9.47 Å². The fraction of sp³-hybridized carbons (Fsp3) is 0.333. The van der Waals surface area contributed by atoms with Crippen LogP contribution in [0.3, 0.4) is 0 Å². The van der Waals surface area contributed by atoms with Gasteiger partial charge in [-0.3, -0.25) is 14.1 Å². The molecule has 4 heterocycles. The molecular formula is C24H26N6O4. The van der Waals surface area contributed by atoms with Crippen LogP contribution in [0.4, 0.5) is 0 Å². The van der Waals surface area contributed by atoms with E-state index in [1.807, 2.05) is 45.7 Å². The van der Waals surface area contributed by atoms with E-state index < -0.39 is 0 Å². The first-order valence-corrected chi connectivity index (χ1v) is 11.3. The predicted molar refractivity (Wildman–Crippen MR) is 124 cm³/mol. The summed E-state index contributed by atoms with van der Waals surface area (Å²) in [5.74, 6) is 2.62. The molecule has 0 aliphatic carbocycles. The number of benzene rings is 1. The Labute approximate surface area is 196 Å². The summed E-state index contributed by atoms with van der Waals surface area (Å²) in [5, 5.41) is 7.72. The van der Waals surface area contributed by atoms with Crippen molar-refractivity contribution in [3.8, 4) is 28.8 Å². The van der Waals surface area contributed by atoms with Crippen molar-refractivity contribution in [3.63, 3.8) is 0 Å². The minimum Gasteiger partial charge on any atom is -0.494 e. The van der Waals surface area contributed by atoms with E-state index in [2.05, 4.69) is 20.1 Å². The molecule has 0 N–H and O–H groups in total. The van der Waals surface area contributed by atoms with Crippen LogP contribution in [0, 0.1) is 0 Å². The molecule has 3 aromatic heterocycles.